The molecular formula is C15H24N4O2. The summed E-state index contributed by atoms with van der Waals surface area (Å²) in [6, 6.07) is 6.57. The van der Waals surface area contributed by atoms with Crippen molar-refractivity contribution in [1.82, 2.24) is 10.6 Å². The Morgan fingerprint density at radius 2 is 1.86 bits per heavy atom. The molecule has 2 unspecified atom stereocenters. The Balaban J connectivity index is 2.72. The minimum Gasteiger partial charge on any atom is -0.368 e. The molecule has 0 saturated carbocycles. The molecule has 2 atom stereocenters. The molecule has 21 heavy (non-hydrogen) atoms. The van der Waals surface area contributed by atoms with Crippen molar-refractivity contribution in [3.8, 4) is 0 Å². The zero-order chi connectivity index (χ0) is 16.0. The van der Waals surface area contributed by atoms with Crippen LogP contribution in [0.25, 0.3) is 0 Å². The largest absolute Gasteiger partial charge is 0.368 e. The van der Waals surface area contributed by atoms with Crippen LogP contribution in [0.4, 0.5) is 10.5 Å². The number of carbonyl (C=O) groups is 2. The molecule has 0 aliphatic rings. The van der Waals surface area contributed by atoms with Crippen molar-refractivity contribution < 1.29 is 9.59 Å². The highest BCUT2D eigenvalue weighted by molar-refractivity contribution is 5.93. The van der Waals surface area contributed by atoms with Crippen LogP contribution in [0.2, 0.25) is 0 Å². The number of nitrogens with two attached hydrogens (primary N) is 1. The number of urea groups is 1. The summed E-state index contributed by atoms with van der Waals surface area (Å²) in [6.45, 7) is 5.68. The van der Waals surface area contributed by atoms with Crippen molar-refractivity contribution in [2.75, 3.05) is 12.4 Å². The molecule has 0 aliphatic carbocycles. The summed E-state index contributed by atoms with van der Waals surface area (Å²) in [7, 11) is 1.87. The van der Waals surface area contributed by atoms with Crippen molar-refractivity contribution in [2.45, 2.75) is 32.9 Å². The van der Waals surface area contributed by atoms with Crippen LogP contribution in [0.3, 0.4) is 0 Å². The van der Waals surface area contributed by atoms with Crippen LogP contribution in [-0.2, 0) is 4.79 Å². The lowest BCUT2D eigenvalue weighted by atomic mass is 10.0. The standard InChI is InChI=1S/C15H24N4O2/c1-9(2)13(14(16)20)19-15(21)18-12-7-5-6-11(8-12)10(3)17-4/h5-10,13,17H,1-4H3,(H2,16,20)(H2,18,19,21). The van der Waals surface area contributed by atoms with Crippen molar-refractivity contribution in [3.63, 3.8) is 0 Å². The van der Waals surface area contributed by atoms with Gasteiger partial charge in [0.25, 0.3) is 0 Å². The van der Waals surface area contributed by atoms with Gasteiger partial charge >= 0.3 is 6.03 Å². The van der Waals surface area contributed by atoms with E-state index < -0.39 is 18.0 Å². The van der Waals surface area contributed by atoms with Gasteiger partial charge in [-0.05, 0) is 37.6 Å². The van der Waals surface area contributed by atoms with Gasteiger partial charge in [-0.15, -0.1) is 0 Å². The van der Waals surface area contributed by atoms with Crippen LogP contribution in [0.1, 0.15) is 32.4 Å². The predicted octanol–water partition coefficient (Wildman–Crippen LogP) is 1.60. The van der Waals surface area contributed by atoms with Gasteiger partial charge < -0.3 is 21.7 Å². The van der Waals surface area contributed by atoms with Gasteiger partial charge in [-0.25, -0.2) is 4.79 Å². The molecule has 0 aliphatic heterocycles. The summed E-state index contributed by atoms with van der Waals surface area (Å²) >= 11 is 0. The number of carbonyl (C=O) groups excluding carboxylic acids is 2. The number of amides is 3. The van der Waals surface area contributed by atoms with E-state index >= 15 is 0 Å². The van der Waals surface area contributed by atoms with E-state index in [9.17, 15) is 9.59 Å². The van der Waals surface area contributed by atoms with Crippen molar-refractivity contribution in [1.29, 1.82) is 0 Å². The number of nitrogens with one attached hydrogen (secondary N) is 3. The number of hydrogen-bond acceptors (Lipinski definition) is 3. The van der Waals surface area contributed by atoms with Crippen LogP contribution >= 0.6 is 0 Å². The van der Waals surface area contributed by atoms with Gasteiger partial charge in [-0.2, -0.15) is 0 Å². The van der Waals surface area contributed by atoms with Gasteiger partial charge in [-0.1, -0.05) is 26.0 Å². The number of hydrogen-bond donors (Lipinski definition) is 4. The molecule has 1 aromatic rings. The monoisotopic (exact) mass is 292 g/mol. The molecule has 3 amide bonds. The third-order valence-corrected chi connectivity index (χ3v) is 3.34. The van der Waals surface area contributed by atoms with Crippen LogP contribution in [0, 0.1) is 5.92 Å². The fourth-order valence-corrected chi connectivity index (χ4v) is 1.93. The van der Waals surface area contributed by atoms with E-state index in [1.165, 1.54) is 0 Å². The first-order valence-electron chi connectivity index (χ1n) is 6.99. The topological polar surface area (TPSA) is 96.2 Å². The van der Waals surface area contributed by atoms with Crippen LogP contribution in [0.5, 0.6) is 0 Å². The molecule has 0 fully saturated rings. The first kappa shape index (κ1) is 17.0. The summed E-state index contributed by atoms with van der Waals surface area (Å²) in [4.78, 5) is 23.2. The molecule has 1 rings (SSSR count). The number of rotatable bonds is 6. The average Bonchev–Trinajstić information content (AvgIpc) is 2.43. The summed E-state index contributed by atoms with van der Waals surface area (Å²) in [5, 5.41) is 8.44. The Morgan fingerprint density at radius 1 is 1.19 bits per heavy atom. The third kappa shape index (κ3) is 5.07. The number of primary amides is 1. The first-order valence-corrected chi connectivity index (χ1v) is 6.99. The van der Waals surface area contributed by atoms with Crippen LogP contribution < -0.4 is 21.7 Å². The Kier molecular flexibility index (Phi) is 6.17. The highest BCUT2D eigenvalue weighted by Gasteiger charge is 2.21. The minimum absolute atomic E-state index is 0.0658. The zero-order valence-corrected chi connectivity index (χ0v) is 12.9. The van der Waals surface area contributed by atoms with E-state index in [1.807, 2.05) is 46.0 Å². The number of anilines is 1. The maximum Gasteiger partial charge on any atom is 0.319 e. The molecule has 0 bridgehead atoms. The molecule has 0 aromatic heterocycles. The van der Waals surface area contributed by atoms with Gasteiger partial charge in [0, 0.05) is 11.7 Å². The third-order valence-electron chi connectivity index (χ3n) is 3.34. The molecule has 0 spiro atoms. The first-order chi connectivity index (χ1) is 9.85. The van der Waals surface area contributed by atoms with Gasteiger partial charge in [-0.3, -0.25) is 4.79 Å². The van der Waals surface area contributed by atoms with Crippen molar-refractivity contribution >= 4 is 17.6 Å². The van der Waals surface area contributed by atoms with Crippen LogP contribution in [-0.4, -0.2) is 25.0 Å². The van der Waals surface area contributed by atoms with Gasteiger partial charge in [0.2, 0.25) is 5.91 Å². The fraction of sp³-hybridized carbons (Fsp3) is 0.467. The predicted molar refractivity (Wildman–Crippen MR) is 83.9 cm³/mol. The molecule has 116 valence electrons. The Hall–Kier alpha value is -2.08. The summed E-state index contributed by atoms with van der Waals surface area (Å²) < 4.78 is 0. The molecule has 6 heteroatoms. The maximum absolute atomic E-state index is 11.9. The lowest BCUT2D eigenvalue weighted by molar-refractivity contribution is -0.120. The van der Waals surface area contributed by atoms with Crippen LogP contribution in [0.15, 0.2) is 24.3 Å². The fourth-order valence-electron chi connectivity index (χ4n) is 1.93. The quantitative estimate of drug-likeness (QED) is 0.641. The van der Waals surface area contributed by atoms with Gasteiger partial charge in [0.05, 0.1) is 0 Å². The van der Waals surface area contributed by atoms with Gasteiger partial charge in [0.1, 0.15) is 6.04 Å². The second-order valence-electron chi connectivity index (χ2n) is 5.36. The van der Waals surface area contributed by atoms with E-state index in [4.69, 9.17) is 5.73 Å². The summed E-state index contributed by atoms with van der Waals surface area (Å²) in [6.07, 6.45) is 0. The summed E-state index contributed by atoms with van der Waals surface area (Å²) in [5.74, 6) is -0.610. The SMILES string of the molecule is CNC(C)c1cccc(NC(=O)NC(C(N)=O)C(C)C)c1. The highest BCUT2D eigenvalue weighted by Crippen LogP contribution is 2.17. The number of benzene rings is 1. The lowest BCUT2D eigenvalue weighted by Gasteiger charge is -2.19. The molecule has 0 radical (unpaired) electrons. The molecule has 0 saturated heterocycles. The Morgan fingerprint density at radius 3 is 2.38 bits per heavy atom. The van der Waals surface area contributed by atoms with Gasteiger partial charge in [0.15, 0.2) is 0 Å². The minimum atomic E-state index is -0.690. The van der Waals surface area contributed by atoms with E-state index in [0.717, 1.165) is 5.56 Å². The van der Waals surface area contributed by atoms with E-state index in [1.54, 1.807) is 6.07 Å². The second-order valence-corrected chi connectivity index (χ2v) is 5.36. The normalized spacial score (nSPS) is 13.6. The molecule has 0 heterocycles. The Labute approximate surface area is 125 Å². The van der Waals surface area contributed by atoms with Crippen molar-refractivity contribution in [3.05, 3.63) is 29.8 Å². The molecule has 6 nitrogen and oxygen atoms in total. The average molecular weight is 292 g/mol. The molecule has 5 N–H and O–H groups in total. The smallest absolute Gasteiger partial charge is 0.319 e. The lowest BCUT2D eigenvalue weighted by Crippen LogP contribution is -2.49. The second kappa shape index (κ2) is 7.64. The van der Waals surface area contributed by atoms with E-state index in [-0.39, 0.29) is 12.0 Å². The summed E-state index contributed by atoms with van der Waals surface area (Å²) in [5.41, 5.74) is 7.00. The zero-order valence-electron chi connectivity index (χ0n) is 12.9. The molecule has 1 aromatic carbocycles. The maximum atomic E-state index is 11.9. The van der Waals surface area contributed by atoms with Crippen molar-refractivity contribution in [2.24, 2.45) is 11.7 Å². The molecular weight excluding hydrogens is 268 g/mol. The van der Waals surface area contributed by atoms with E-state index in [0.29, 0.717) is 5.69 Å². The highest BCUT2D eigenvalue weighted by atomic mass is 16.2. The van der Waals surface area contributed by atoms with E-state index in [2.05, 4.69) is 16.0 Å². The Bertz CT molecular complexity index is 502.